The fourth-order valence-electron chi connectivity index (χ4n) is 4.07. The molecule has 3 rings (SSSR count). The smallest absolute Gasteiger partial charge is 0.107 e. The van der Waals surface area contributed by atoms with E-state index in [4.69, 9.17) is 0 Å². The summed E-state index contributed by atoms with van der Waals surface area (Å²) in [6.45, 7) is 6.80. The van der Waals surface area contributed by atoms with Crippen LogP contribution < -0.4 is 5.32 Å². The van der Waals surface area contributed by atoms with Crippen molar-refractivity contribution in [2.24, 2.45) is 0 Å². The van der Waals surface area contributed by atoms with Crippen molar-refractivity contribution < 1.29 is 0 Å². The minimum Gasteiger partial charge on any atom is -0.309 e. The van der Waals surface area contributed by atoms with Gasteiger partial charge in [0, 0.05) is 29.7 Å². The lowest BCUT2D eigenvalue weighted by Gasteiger charge is -2.48. The van der Waals surface area contributed by atoms with Crippen LogP contribution in [0.15, 0.2) is 5.38 Å². The second-order valence-corrected chi connectivity index (χ2v) is 7.76. The lowest BCUT2D eigenvalue weighted by Crippen LogP contribution is -2.57. The van der Waals surface area contributed by atoms with Crippen molar-refractivity contribution in [2.45, 2.75) is 70.4 Å². The maximum atomic E-state index is 4.57. The topological polar surface area (TPSA) is 28.2 Å². The molecule has 3 nitrogen and oxygen atoms in total. The highest BCUT2D eigenvalue weighted by Gasteiger charge is 2.37. The first-order chi connectivity index (χ1) is 10.3. The van der Waals surface area contributed by atoms with Gasteiger partial charge < -0.3 is 5.32 Å². The third-order valence-corrected chi connectivity index (χ3v) is 6.17. The SMILES string of the molecule is Cc1csc(CNCC2(N3CCCCC3)CCCCC2)n1. The fourth-order valence-corrected chi connectivity index (χ4v) is 4.81. The van der Waals surface area contributed by atoms with Crippen molar-refractivity contribution in [3.8, 4) is 0 Å². The molecule has 0 spiro atoms. The predicted octanol–water partition coefficient (Wildman–Crippen LogP) is 3.73. The summed E-state index contributed by atoms with van der Waals surface area (Å²) in [5.74, 6) is 0. The molecule has 2 heterocycles. The predicted molar refractivity (Wildman–Crippen MR) is 89.8 cm³/mol. The van der Waals surface area contributed by atoms with Crippen LogP contribution in [0.5, 0.6) is 0 Å². The Labute approximate surface area is 133 Å². The first kappa shape index (κ1) is 15.4. The maximum Gasteiger partial charge on any atom is 0.107 e. The molecule has 1 aromatic rings. The van der Waals surface area contributed by atoms with Gasteiger partial charge in [-0.2, -0.15) is 0 Å². The number of aromatic nitrogens is 1. The molecule has 2 fully saturated rings. The molecule has 1 saturated carbocycles. The van der Waals surface area contributed by atoms with Gasteiger partial charge in [-0.3, -0.25) is 4.90 Å². The van der Waals surface area contributed by atoms with Crippen LogP contribution in [0.4, 0.5) is 0 Å². The number of aryl methyl sites for hydroxylation is 1. The van der Waals surface area contributed by atoms with E-state index < -0.39 is 0 Å². The molecule has 1 saturated heterocycles. The quantitative estimate of drug-likeness (QED) is 0.898. The Balaban J connectivity index is 1.59. The van der Waals surface area contributed by atoms with E-state index in [0.717, 1.165) is 18.8 Å². The third-order valence-electron chi connectivity index (χ3n) is 5.21. The van der Waals surface area contributed by atoms with Crippen LogP contribution in [-0.4, -0.2) is 35.1 Å². The van der Waals surface area contributed by atoms with Gasteiger partial charge in [0.2, 0.25) is 0 Å². The first-order valence-corrected chi connectivity index (χ1v) is 9.53. The van der Waals surface area contributed by atoms with Crippen molar-refractivity contribution in [2.75, 3.05) is 19.6 Å². The standard InChI is InChI=1S/C17H29N3S/c1-15-13-21-16(19-15)12-18-14-17(8-4-2-5-9-17)20-10-6-3-7-11-20/h13,18H,2-12,14H2,1H3. The van der Waals surface area contributed by atoms with Crippen LogP contribution in [0.1, 0.15) is 62.1 Å². The van der Waals surface area contributed by atoms with E-state index >= 15 is 0 Å². The zero-order valence-corrected chi connectivity index (χ0v) is 14.2. The summed E-state index contributed by atoms with van der Waals surface area (Å²) >= 11 is 1.78. The zero-order valence-electron chi connectivity index (χ0n) is 13.4. The summed E-state index contributed by atoms with van der Waals surface area (Å²) in [4.78, 5) is 7.39. The van der Waals surface area contributed by atoms with Gasteiger partial charge in [-0.15, -0.1) is 11.3 Å². The Hall–Kier alpha value is -0.450. The molecule has 1 aromatic heterocycles. The Morgan fingerprint density at radius 1 is 1.14 bits per heavy atom. The number of piperidine rings is 1. The highest BCUT2D eigenvalue weighted by atomic mass is 32.1. The van der Waals surface area contributed by atoms with Crippen molar-refractivity contribution in [1.82, 2.24) is 15.2 Å². The number of hydrogen-bond donors (Lipinski definition) is 1. The summed E-state index contributed by atoms with van der Waals surface area (Å²) in [7, 11) is 0. The molecule has 1 aliphatic carbocycles. The highest BCUT2D eigenvalue weighted by Crippen LogP contribution is 2.35. The molecule has 118 valence electrons. The van der Waals surface area contributed by atoms with Gasteiger partial charge in [0.1, 0.15) is 5.01 Å². The summed E-state index contributed by atoms with van der Waals surface area (Å²) in [6, 6.07) is 0. The number of nitrogens with one attached hydrogen (secondary N) is 1. The van der Waals surface area contributed by atoms with Gasteiger partial charge in [-0.1, -0.05) is 25.7 Å². The van der Waals surface area contributed by atoms with Crippen LogP contribution in [-0.2, 0) is 6.54 Å². The van der Waals surface area contributed by atoms with E-state index in [9.17, 15) is 0 Å². The second-order valence-electron chi connectivity index (χ2n) is 6.82. The molecule has 2 aliphatic rings. The van der Waals surface area contributed by atoms with Crippen molar-refractivity contribution in [3.05, 3.63) is 16.1 Å². The largest absolute Gasteiger partial charge is 0.309 e. The molecule has 4 heteroatoms. The van der Waals surface area contributed by atoms with Crippen molar-refractivity contribution >= 4 is 11.3 Å². The third kappa shape index (κ3) is 3.85. The monoisotopic (exact) mass is 307 g/mol. The number of nitrogens with zero attached hydrogens (tertiary/aromatic N) is 2. The first-order valence-electron chi connectivity index (χ1n) is 8.65. The zero-order chi connectivity index (χ0) is 14.5. The minimum atomic E-state index is 0.435. The second kappa shape index (κ2) is 7.21. The van der Waals surface area contributed by atoms with Crippen molar-refractivity contribution in [1.29, 1.82) is 0 Å². The summed E-state index contributed by atoms with van der Waals surface area (Å²) in [5, 5.41) is 7.11. The summed E-state index contributed by atoms with van der Waals surface area (Å²) in [5.41, 5.74) is 1.59. The van der Waals surface area contributed by atoms with Gasteiger partial charge >= 0.3 is 0 Å². The lowest BCUT2D eigenvalue weighted by molar-refractivity contribution is 0.0333. The van der Waals surface area contributed by atoms with Crippen LogP contribution in [0, 0.1) is 6.92 Å². The van der Waals surface area contributed by atoms with Crippen LogP contribution in [0.25, 0.3) is 0 Å². The molecule has 0 atom stereocenters. The lowest BCUT2D eigenvalue weighted by atomic mass is 9.79. The van der Waals surface area contributed by atoms with Gasteiger partial charge in [0.05, 0.1) is 0 Å². The van der Waals surface area contributed by atoms with Gasteiger partial charge in [-0.05, 0) is 45.7 Å². The van der Waals surface area contributed by atoms with Gasteiger partial charge in [-0.25, -0.2) is 4.98 Å². The molecule has 0 amide bonds. The molecular weight excluding hydrogens is 278 g/mol. The molecule has 1 aliphatic heterocycles. The Morgan fingerprint density at radius 3 is 2.52 bits per heavy atom. The molecule has 0 radical (unpaired) electrons. The van der Waals surface area contributed by atoms with Crippen LogP contribution >= 0.6 is 11.3 Å². The molecule has 1 N–H and O–H groups in total. The number of rotatable bonds is 5. The number of thiazole rings is 1. The average molecular weight is 308 g/mol. The van der Waals surface area contributed by atoms with Gasteiger partial charge in [0.25, 0.3) is 0 Å². The van der Waals surface area contributed by atoms with E-state index in [1.165, 1.54) is 69.5 Å². The van der Waals surface area contributed by atoms with E-state index in [1.807, 2.05) is 0 Å². The van der Waals surface area contributed by atoms with Crippen LogP contribution in [0.3, 0.4) is 0 Å². The van der Waals surface area contributed by atoms with Gasteiger partial charge in [0.15, 0.2) is 0 Å². The highest BCUT2D eigenvalue weighted by molar-refractivity contribution is 7.09. The van der Waals surface area contributed by atoms with E-state index in [2.05, 4.69) is 27.5 Å². The number of likely N-dealkylation sites (tertiary alicyclic amines) is 1. The Morgan fingerprint density at radius 2 is 1.86 bits per heavy atom. The Kier molecular flexibility index (Phi) is 5.30. The normalized spacial score (nSPS) is 23.3. The molecular formula is C17H29N3S. The molecule has 0 unspecified atom stereocenters. The Bertz CT molecular complexity index is 431. The fraction of sp³-hybridized carbons (Fsp3) is 0.824. The van der Waals surface area contributed by atoms with Crippen LogP contribution in [0.2, 0.25) is 0 Å². The van der Waals surface area contributed by atoms with E-state index in [-0.39, 0.29) is 0 Å². The minimum absolute atomic E-state index is 0.435. The maximum absolute atomic E-state index is 4.57. The molecule has 0 aromatic carbocycles. The number of hydrogen-bond acceptors (Lipinski definition) is 4. The average Bonchev–Trinajstić information content (AvgIpc) is 2.95. The van der Waals surface area contributed by atoms with Crippen molar-refractivity contribution in [3.63, 3.8) is 0 Å². The molecule has 21 heavy (non-hydrogen) atoms. The summed E-state index contributed by atoms with van der Waals surface area (Å²) in [6.07, 6.45) is 11.2. The summed E-state index contributed by atoms with van der Waals surface area (Å²) < 4.78 is 0. The van der Waals surface area contributed by atoms with E-state index in [0.29, 0.717) is 5.54 Å². The molecule has 0 bridgehead atoms. The van der Waals surface area contributed by atoms with E-state index in [1.54, 1.807) is 11.3 Å².